The zero-order chi connectivity index (χ0) is 23.2. The van der Waals surface area contributed by atoms with Crippen LogP contribution in [0.2, 0.25) is 10.0 Å². The van der Waals surface area contributed by atoms with Crippen LogP contribution in [0, 0.1) is 11.3 Å². The van der Waals surface area contributed by atoms with E-state index in [-0.39, 0.29) is 33.2 Å². The van der Waals surface area contributed by atoms with E-state index in [4.69, 9.17) is 33.2 Å². The Morgan fingerprint density at radius 1 is 1.06 bits per heavy atom. The summed E-state index contributed by atoms with van der Waals surface area (Å²) in [5.74, 6) is 0.497. The van der Waals surface area contributed by atoms with E-state index in [2.05, 4.69) is 10.1 Å². The first-order valence-electron chi connectivity index (χ1n) is 9.25. The van der Waals surface area contributed by atoms with Gasteiger partial charge in [-0.3, -0.25) is 14.3 Å². The highest BCUT2D eigenvalue weighted by molar-refractivity contribution is 6.37. The Labute approximate surface area is 189 Å². The summed E-state index contributed by atoms with van der Waals surface area (Å²) in [4.78, 5) is 40.6. The van der Waals surface area contributed by atoms with Gasteiger partial charge in [0.25, 0.3) is 5.56 Å². The maximum atomic E-state index is 12.2. The maximum absolute atomic E-state index is 12.2. The monoisotopic (exact) mass is 472 g/mol. The number of fused-ring (bicyclic) bond motifs is 1. The maximum Gasteiger partial charge on any atom is 0.349 e. The van der Waals surface area contributed by atoms with Gasteiger partial charge < -0.3 is 9.72 Å². The minimum atomic E-state index is -0.897. The van der Waals surface area contributed by atoms with Gasteiger partial charge in [0.05, 0.1) is 26.8 Å². The third kappa shape index (κ3) is 3.68. The highest BCUT2D eigenvalue weighted by Crippen LogP contribution is 2.38. The lowest BCUT2D eigenvalue weighted by Crippen LogP contribution is -2.33. The molecule has 0 bridgehead atoms. The second-order valence-electron chi connectivity index (χ2n) is 7.04. The van der Waals surface area contributed by atoms with E-state index < -0.39 is 16.9 Å². The lowest BCUT2D eigenvalue weighted by molar-refractivity contribution is 0.483. The summed E-state index contributed by atoms with van der Waals surface area (Å²) >= 11 is 12.7. The Bertz CT molecular complexity index is 1570. The number of aromatic nitrogens is 5. The molecular weight excluding hydrogens is 459 g/mol. The molecule has 0 aliphatic rings. The first kappa shape index (κ1) is 21.4. The number of nitrogens with zero attached hydrogens (tertiary/aromatic N) is 4. The molecule has 0 saturated heterocycles. The highest BCUT2D eigenvalue weighted by atomic mass is 35.5. The van der Waals surface area contributed by atoms with E-state index in [1.165, 1.54) is 12.1 Å². The Balaban J connectivity index is 1.77. The fourth-order valence-electron chi connectivity index (χ4n) is 3.21. The summed E-state index contributed by atoms with van der Waals surface area (Å²) < 4.78 is 8.26. The van der Waals surface area contributed by atoms with E-state index in [0.717, 1.165) is 4.68 Å². The average Bonchev–Trinajstić information content (AvgIpc) is 3.06. The first-order valence-corrected chi connectivity index (χ1v) is 10.0. The molecule has 0 radical (unpaired) electrons. The van der Waals surface area contributed by atoms with Gasteiger partial charge >= 0.3 is 11.4 Å². The van der Waals surface area contributed by atoms with Crippen LogP contribution in [-0.4, -0.2) is 24.3 Å². The molecule has 0 saturated carbocycles. The van der Waals surface area contributed by atoms with Crippen LogP contribution in [0.3, 0.4) is 0 Å². The lowest BCUT2D eigenvalue weighted by Gasteiger charge is -2.13. The molecule has 2 heterocycles. The van der Waals surface area contributed by atoms with Gasteiger partial charge in [-0.15, -0.1) is 5.10 Å². The van der Waals surface area contributed by atoms with Gasteiger partial charge in [-0.05, 0) is 38.1 Å². The number of hydrogen-bond acceptors (Lipinski definition) is 6. The van der Waals surface area contributed by atoms with Crippen LogP contribution in [0.15, 0.2) is 44.7 Å². The molecule has 0 atom stereocenters. The molecule has 0 fully saturated rings. The van der Waals surface area contributed by atoms with Gasteiger partial charge in [0.1, 0.15) is 11.8 Å². The van der Waals surface area contributed by atoms with Gasteiger partial charge in [-0.2, -0.15) is 9.94 Å². The number of halogens is 2. The van der Waals surface area contributed by atoms with Crippen molar-refractivity contribution < 1.29 is 4.74 Å². The quantitative estimate of drug-likeness (QED) is 0.467. The second-order valence-corrected chi connectivity index (χ2v) is 7.86. The van der Waals surface area contributed by atoms with Crippen molar-refractivity contribution in [1.29, 1.82) is 5.26 Å². The number of ether oxygens (including phenoxy) is 1. The summed E-state index contributed by atoms with van der Waals surface area (Å²) in [6, 6.07) is 9.28. The minimum Gasteiger partial charge on any atom is -0.454 e. The van der Waals surface area contributed by atoms with Crippen molar-refractivity contribution in [2.45, 2.75) is 19.9 Å². The van der Waals surface area contributed by atoms with Crippen LogP contribution in [0.5, 0.6) is 11.5 Å². The highest BCUT2D eigenvalue weighted by Gasteiger charge is 2.16. The molecule has 2 N–H and O–H groups in total. The fourth-order valence-corrected chi connectivity index (χ4v) is 3.76. The van der Waals surface area contributed by atoms with Crippen LogP contribution >= 0.6 is 23.2 Å². The Morgan fingerprint density at radius 3 is 2.38 bits per heavy atom. The third-order valence-corrected chi connectivity index (χ3v) is 5.15. The summed E-state index contributed by atoms with van der Waals surface area (Å²) in [7, 11) is 0. The molecule has 10 nitrogen and oxygen atoms in total. The van der Waals surface area contributed by atoms with Gasteiger partial charge in [-0.1, -0.05) is 23.2 Å². The zero-order valence-electron chi connectivity index (χ0n) is 16.6. The molecule has 162 valence electrons. The smallest absolute Gasteiger partial charge is 0.349 e. The van der Waals surface area contributed by atoms with Crippen molar-refractivity contribution in [1.82, 2.24) is 24.3 Å². The SMILES string of the molecule is CC(C)n1c(=O)[nH]c2ccc(Oc3c(Cl)cc(-n4nc(C#N)c(=O)[nH]c4=O)cc3Cl)cc21. The number of imidazole rings is 1. The van der Waals surface area contributed by atoms with Crippen LogP contribution in [0.4, 0.5) is 0 Å². The first-order chi connectivity index (χ1) is 15.2. The largest absolute Gasteiger partial charge is 0.454 e. The molecule has 12 heteroatoms. The number of H-pyrrole nitrogens is 2. The van der Waals surface area contributed by atoms with Crippen molar-refractivity contribution in [3.63, 3.8) is 0 Å². The van der Waals surface area contributed by atoms with E-state index in [0.29, 0.717) is 16.8 Å². The molecule has 0 aliphatic carbocycles. The summed E-state index contributed by atoms with van der Waals surface area (Å²) in [5, 5.41) is 12.8. The van der Waals surface area contributed by atoms with E-state index in [9.17, 15) is 14.4 Å². The minimum absolute atomic E-state index is 0.0568. The van der Waals surface area contributed by atoms with Crippen LogP contribution < -0.4 is 21.7 Å². The van der Waals surface area contributed by atoms with Crippen LogP contribution in [-0.2, 0) is 0 Å². The number of nitriles is 1. The molecular formula is C20H14Cl2N6O4. The van der Waals surface area contributed by atoms with Crippen LogP contribution in [0.25, 0.3) is 16.7 Å². The fraction of sp³-hybridized carbons (Fsp3) is 0.150. The van der Waals surface area contributed by atoms with Crippen LogP contribution in [0.1, 0.15) is 25.6 Å². The lowest BCUT2D eigenvalue weighted by atomic mass is 10.2. The summed E-state index contributed by atoms with van der Waals surface area (Å²) in [6.45, 7) is 3.78. The van der Waals surface area contributed by atoms with Gasteiger partial charge in [0, 0.05) is 12.1 Å². The number of nitrogens with one attached hydrogen (secondary N) is 2. The zero-order valence-corrected chi connectivity index (χ0v) is 18.2. The van der Waals surface area contributed by atoms with E-state index in [1.54, 1.807) is 28.8 Å². The second kappa shape index (κ2) is 8.03. The summed E-state index contributed by atoms with van der Waals surface area (Å²) in [5.41, 5.74) is -1.05. The van der Waals surface area contributed by atoms with Crippen molar-refractivity contribution in [2.75, 3.05) is 0 Å². The molecule has 0 unspecified atom stereocenters. The number of rotatable bonds is 4. The third-order valence-electron chi connectivity index (χ3n) is 4.59. The molecule has 0 spiro atoms. The van der Waals surface area contributed by atoms with Gasteiger partial charge in [0.2, 0.25) is 5.69 Å². The van der Waals surface area contributed by atoms with Gasteiger partial charge in [0.15, 0.2) is 5.75 Å². The van der Waals surface area contributed by atoms with Crippen molar-refractivity contribution in [2.24, 2.45) is 0 Å². The Hall–Kier alpha value is -3.81. The predicted molar refractivity (Wildman–Crippen MR) is 118 cm³/mol. The Kier molecular flexibility index (Phi) is 5.38. The standard InChI is InChI=1S/C20H14Cl2N6O4/c1-9(2)27-16-7-11(3-4-14(16)24-19(27)30)32-17-12(21)5-10(6-13(17)22)28-20(31)25-18(29)15(8-23)26-28/h3-7,9H,1-2H3,(H,24,30)(H,25,29,31). The summed E-state index contributed by atoms with van der Waals surface area (Å²) in [6.07, 6.45) is 0. The predicted octanol–water partition coefficient (Wildman–Crippen LogP) is 3.12. The average molecular weight is 473 g/mol. The number of aromatic amines is 2. The molecule has 4 rings (SSSR count). The Morgan fingerprint density at radius 2 is 1.75 bits per heavy atom. The molecule has 0 aliphatic heterocycles. The molecule has 2 aromatic carbocycles. The molecule has 0 amide bonds. The number of benzene rings is 2. The normalized spacial score (nSPS) is 11.1. The van der Waals surface area contributed by atoms with E-state index in [1.807, 2.05) is 18.8 Å². The molecule has 2 aromatic heterocycles. The molecule has 32 heavy (non-hydrogen) atoms. The van der Waals surface area contributed by atoms with Crippen molar-refractivity contribution in [3.8, 4) is 23.3 Å². The number of hydrogen-bond donors (Lipinski definition) is 2. The topological polar surface area (TPSA) is 139 Å². The molecule has 4 aromatic rings. The van der Waals surface area contributed by atoms with E-state index >= 15 is 0 Å². The van der Waals surface area contributed by atoms with Crippen molar-refractivity contribution in [3.05, 3.63) is 77.4 Å². The van der Waals surface area contributed by atoms with Crippen molar-refractivity contribution >= 4 is 34.2 Å². The van der Waals surface area contributed by atoms with Gasteiger partial charge in [-0.25, -0.2) is 9.59 Å².